The average molecular weight is 299 g/mol. The van der Waals surface area contributed by atoms with Gasteiger partial charge in [0.25, 0.3) is 0 Å². The molecule has 7 heteroatoms. The van der Waals surface area contributed by atoms with Gasteiger partial charge in [-0.15, -0.1) is 12.4 Å². The summed E-state index contributed by atoms with van der Waals surface area (Å²) in [4.78, 5) is 0. The van der Waals surface area contributed by atoms with E-state index in [9.17, 15) is 8.42 Å². The van der Waals surface area contributed by atoms with Gasteiger partial charge < -0.3 is 10.5 Å². The van der Waals surface area contributed by atoms with Crippen LogP contribution in [0.3, 0.4) is 0 Å². The largest absolute Gasteiger partial charge is 0.377 e. The number of halogens is 1. The molecule has 2 aliphatic rings. The first kappa shape index (κ1) is 16.2. The summed E-state index contributed by atoms with van der Waals surface area (Å²) in [7, 11) is -3.20. The van der Waals surface area contributed by atoms with E-state index in [1.807, 2.05) is 0 Å². The summed E-state index contributed by atoms with van der Waals surface area (Å²) in [5, 5.41) is 0. The molecule has 0 aromatic rings. The van der Waals surface area contributed by atoms with Gasteiger partial charge in [-0.1, -0.05) is 6.42 Å². The normalized spacial score (nSPS) is 30.1. The van der Waals surface area contributed by atoms with Gasteiger partial charge in [-0.25, -0.2) is 8.42 Å². The van der Waals surface area contributed by atoms with Crippen molar-refractivity contribution in [1.29, 1.82) is 0 Å². The summed E-state index contributed by atoms with van der Waals surface area (Å²) in [5.74, 6) is 0.128. The molecule has 0 aliphatic carbocycles. The molecule has 2 fully saturated rings. The summed E-state index contributed by atoms with van der Waals surface area (Å²) in [6.45, 7) is 1.74. The smallest absolute Gasteiger partial charge is 0.216 e. The van der Waals surface area contributed by atoms with Crippen molar-refractivity contribution in [3.8, 4) is 0 Å². The molecule has 0 amide bonds. The molecule has 2 rings (SSSR count). The molecule has 0 saturated carbocycles. The quantitative estimate of drug-likeness (QED) is 0.830. The van der Waals surface area contributed by atoms with Gasteiger partial charge in [0.2, 0.25) is 10.0 Å². The lowest BCUT2D eigenvalue weighted by Crippen LogP contribution is -2.49. The van der Waals surface area contributed by atoms with Gasteiger partial charge in [0.15, 0.2) is 0 Å². The Labute approximate surface area is 116 Å². The predicted molar refractivity (Wildman–Crippen MR) is 73.4 cm³/mol. The van der Waals surface area contributed by atoms with Gasteiger partial charge in [0.1, 0.15) is 0 Å². The number of hydrogen-bond acceptors (Lipinski definition) is 4. The maximum atomic E-state index is 12.3. The molecule has 0 radical (unpaired) electrons. The Kier molecular flexibility index (Phi) is 6.34. The second-order valence-corrected chi connectivity index (χ2v) is 6.88. The van der Waals surface area contributed by atoms with Crippen LogP contribution in [0, 0.1) is 0 Å². The Morgan fingerprint density at radius 1 is 1.22 bits per heavy atom. The van der Waals surface area contributed by atoms with E-state index in [2.05, 4.69) is 0 Å². The number of nitrogens with zero attached hydrogens (tertiary/aromatic N) is 1. The summed E-state index contributed by atoms with van der Waals surface area (Å²) in [5.41, 5.74) is 5.66. The fourth-order valence-corrected chi connectivity index (χ4v) is 4.66. The van der Waals surface area contributed by atoms with Gasteiger partial charge in [-0.3, -0.25) is 0 Å². The van der Waals surface area contributed by atoms with Crippen molar-refractivity contribution in [2.45, 2.75) is 44.2 Å². The van der Waals surface area contributed by atoms with E-state index >= 15 is 0 Å². The third-order valence-electron chi connectivity index (χ3n) is 3.62. The Morgan fingerprint density at radius 3 is 2.61 bits per heavy atom. The maximum Gasteiger partial charge on any atom is 0.216 e. The van der Waals surface area contributed by atoms with Crippen LogP contribution in [0.1, 0.15) is 32.1 Å². The van der Waals surface area contributed by atoms with Crippen LogP contribution < -0.4 is 5.73 Å². The topological polar surface area (TPSA) is 72.6 Å². The van der Waals surface area contributed by atoms with Crippen molar-refractivity contribution in [1.82, 2.24) is 4.31 Å². The number of sulfonamides is 1. The van der Waals surface area contributed by atoms with E-state index in [1.165, 1.54) is 0 Å². The Morgan fingerprint density at radius 2 is 2.00 bits per heavy atom. The van der Waals surface area contributed by atoms with Crippen LogP contribution >= 0.6 is 12.4 Å². The predicted octanol–water partition coefficient (Wildman–Crippen LogP) is 0.730. The van der Waals surface area contributed by atoms with Crippen molar-refractivity contribution in [2.24, 2.45) is 5.73 Å². The Balaban J connectivity index is 0.00000162. The van der Waals surface area contributed by atoms with E-state index in [4.69, 9.17) is 10.5 Å². The molecule has 2 heterocycles. The molecule has 2 atom stereocenters. The molecule has 2 aliphatic heterocycles. The molecular weight excluding hydrogens is 276 g/mol. The standard InChI is InChI=1S/C11H22N2O3S.ClH/c12-8-10-4-1-2-6-13(10)17(14,15)9-11-5-3-7-16-11;/h10-11H,1-9,12H2;1H. The van der Waals surface area contributed by atoms with Crippen LogP contribution in [0.2, 0.25) is 0 Å². The fourth-order valence-electron chi connectivity index (χ4n) is 2.68. The molecule has 2 N–H and O–H groups in total. The Hall–Kier alpha value is 0.120. The molecule has 2 unspecified atom stereocenters. The first-order chi connectivity index (χ1) is 8.13. The van der Waals surface area contributed by atoms with Crippen molar-refractivity contribution >= 4 is 22.4 Å². The zero-order valence-electron chi connectivity index (χ0n) is 10.6. The molecule has 108 valence electrons. The third-order valence-corrected chi connectivity index (χ3v) is 5.61. The number of rotatable bonds is 4. The molecule has 5 nitrogen and oxygen atoms in total. The van der Waals surface area contributed by atoms with Crippen LogP contribution in [0.15, 0.2) is 0 Å². The highest BCUT2D eigenvalue weighted by molar-refractivity contribution is 7.89. The minimum absolute atomic E-state index is 0. The van der Waals surface area contributed by atoms with Gasteiger partial charge in [0.05, 0.1) is 11.9 Å². The lowest BCUT2D eigenvalue weighted by molar-refractivity contribution is 0.125. The third kappa shape index (κ3) is 3.81. The first-order valence-electron chi connectivity index (χ1n) is 6.44. The molecule has 0 bridgehead atoms. The van der Waals surface area contributed by atoms with Crippen molar-refractivity contribution in [3.05, 3.63) is 0 Å². The van der Waals surface area contributed by atoms with Crippen molar-refractivity contribution in [2.75, 3.05) is 25.4 Å². The lowest BCUT2D eigenvalue weighted by atomic mass is 10.1. The molecule has 2 saturated heterocycles. The Bertz CT molecular complexity index is 344. The molecular formula is C11H23ClN2O3S. The van der Waals surface area contributed by atoms with Crippen LogP contribution in [-0.2, 0) is 14.8 Å². The molecule has 18 heavy (non-hydrogen) atoms. The minimum atomic E-state index is -3.20. The van der Waals surface area contributed by atoms with Gasteiger partial charge in [-0.05, 0) is 25.7 Å². The van der Waals surface area contributed by atoms with E-state index < -0.39 is 10.0 Å². The van der Waals surface area contributed by atoms with Crippen LogP contribution in [0.5, 0.6) is 0 Å². The zero-order chi connectivity index (χ0) is 12.3. The van der Waals surface area contributed by atoms with E-state index in [0.29, 0.717) is 19.7 Å². The highest BCUT2D eigenvalue weighted by atomic mass is 35.5. The van der Waals surface area contributed by atoms with Crippen molar-refractivity contribution < 1.29 is 13.2 Å². The summed E-state index contributed by atoms with van der Waals surface area (Å²) in [6, 6.07) is -0.00449. The zero-order valence-corrected chi connectivity index (χ0v) is 12.2. The van der Waals surface area contributed by atoms with Gasteiger partial charge in [-0.2, -0.15) is 4.31 Å². The van der Waals surface area contributed by atoms with Gasteiger partial charge >= 0.3 is 0 Å². The second kappa shape index (κ2) is 7.05. The highest BCUT2D eigenvalue weighted by Gasteiger charge is 2.34. The van der Waals surface area contributed by atoms with Crippen molar-refractivity contribution in [3.63, 3.8) is 0 Å². The van der Waals surface area contributed by atoms with Crippen LogP contribution in [0.25, 0.3) is 0 Å². The monoisotopic (exact) mass is 298 g/mol. The molecule has 0 spiro atoms. The second-order valence-electron chi connectivity index (χ2n) is 4.91. The molecule has 0 aromatic carbocycles. The fraction of sp³-hybridized carbons (Fsp3) is 1.00. The SMILES string of the molecule is Cl.NCC1CCCCN1S(=O)(=O)CC1CCCO1. The summed E-state index contributed by atoms with van der Waals surface area (Å²) in [6.07, 6.45) is 4.64. The van der Waals surface area contributed by atoms with Gasteiger partial charge in [0, 0.05) is 25.7 Å². The van der Waals surface area contributed by atoms with Crippen LogP contribution in [-0.4, -0.2) is 50.3 Å². The first-order valence-corrected chi connectivity index (χ1v) is 8.05. The van der Waals surface area contributed by atoms with E-state index in [0.717, 1.165) is 32.1 Å². The van der Waals surface area contributed by atoms with E-state index in [1.54, 1.807) is 4.31 Å². The molecule has 0 aromatic heterocycles. The maximum absolute atomic E-state index is 12.3. The van der Waals surface area contributed by atoms with E-state index in [-0.39, 0.29) is 30.3 Å². The number of piperidine rings is 1. The number of ether oxygens (including phenoxy) is 1. The summed E-state index contributed by atoms with van der Waals surface area (Å²) >= 11 is 0. The van der Waals surface area contributed by atoms with Crippen LogP contribution in [0.4, 0.5) is 0 Å². The summed E-state index contributed by atoms with van der Waals surface area (Å²) < 4.78 is 31.6. The highest BCUT2D eigenvalue weighted by Crippen LogP contribution is 2.22. The number of nitrogens with two attached hydrogens (primary N) is 1. The lowest BCUT2D eigenvalue weighted by Gasteiger charge is -2.34. The average Bonchev–Trinajstić information content (AvgIpc) is 2.81. The number of hydrogen-bond donors (Lipinski definition) is 1. The minimum Gasteiger partial charge on any atom is -0.377 e.